The lowest BCUT2D eigenvalue weighted by Crippen LogP contribution is -2.57. The summed E-state index contributed by atoms with van der Waals surface area (Å²) in [6.45, 7) is 27.9. The molecular weight excluding hydrogens is 704 g/mol. The molecule has 2 unspecified atom stereocenters. The van der Waals surface area contributed by atoms with Crippen LogP contribution >= 0.6 is 37.0 Å². The van der Waals surface area contributed by atoms with E-state index in [4.69, 9.17) is 29.4 Å². The van der Waals surface area contributed by atoms with Crippen LogP contribution in [0.15, 0.2) is 24.3 Å². The molecule has 0 aliphatic rings. The van der Waals surface area contributed by atoms with Crippen LogP contribution in [0.3, 0.4) is 0 Å². The molecule has 2 atom stereocenters. The normalized spacial score (nSPS) is 12.8. The molecule has 288 valence electrons. The van der Waals surface area contributed by atoms with E-state index in [9.17, 15) is 20.4 Å². The van der Waals surface area contributed by atoms with Crippen LogP contribution in [0, 0.1) is 19.3 Å². The molecule has 2 aromatic carbocycles. The van der Waals surface area contributed by atoms with Crippen molar-refractivity contribution >= 4 is 37.0 Å². The van der Waals surface area contributed by atoms with Gasteiger partial charge in [-0.2, -0.15) is 19.8 Å². The van der Waals surface area contributed by atoms with Gasteiger partial charge >= 0.3 is 17.2 Å². The average Bonchev–Trinajstić information content (AvgIpc) is 2.86. The number of aliphatic hydroxyl groups excluding tert-OH is 3. The second-order valence-corrected chi connectivity index (χ2v) is 17.5. The molecule has 0 spiro atoms. The maximum Gasteiger partial charge on any atom is 0.324 e. The number of aliphatic hydroxyl groups is 4. The maximum absolute atomic E-state index is 13.7. The molecule has 0 aliphatic carbocycles. The number of aryl methyl sites for hydroxylation is 2. The molecule has 14 heteroatoms. The number of rotatable bonds is 6. The monoisotopic (exact) mass is 772 g/mol. The predicted molar refractivity (Wildman–Crippen MR) is 213 cm³/mol. The van der Waals surface area contributed by atoms with Crippen molar-refractivity contribution in [1.82, 2.24) is 0 Å². The summed E-state index contributed by atoms with van der Waals surface area (Å²) < 4.78 is 0. The number of benzene rings is 2. The molecule has 10 nitrogen and oxygen atoms in total. The van der Waals surface area contributed by atoms with E-state index in [0.717, 1.165) is 33.4 Å². The van der Waals surface area contributed by atoms with Crippen molar-refractivity contribution in [3.05, 3.63) is 68.8 Å². The molecule has 10 N–H and O–H groups in total. The first-order valence-corrected chi connectivity index (χ1v) is 17.9. The molecule has 0 saturated carbocycles. The Kier molecular flexibility index (Phi) is 21.4. The van der Waals surface area contributed by atoms with Crippen molar-refractivity contribution in [1.29, 1.82) is 0 Å². The van der Waals surface area contributed by atoms with Gasteiger partial charge in [0.15, 0.2) is 0 Å². The van der Waals surface area contributed by atoms with Gasteiger partial charge in [-0.25, -0.2) is 0 Å². The molecule has 0 radical (unpaired) electrons. The van der Waals surface area contributed by atoms with Crippen molar-refractivity contribution in [2.75, 3.05) is 19.8 Å². The average molecular weight is 773 g/mol. The summed E-state index contributed by atoms with van der Waals surface area (Å²) in [6, 6.07) is 8.48. The molecule has 0 fully saturated rings. The minimum Gasteiger partial charge on any atom is -0.395 e. The first-order chi connectivity index (χ1) is 20.9. The fourth-order valence-electron chi connectivity index (χ4n) is 5.87. The zero-order chi connectivity index (χ0) is 37.7. The molecule has 0 aromatic heterocycles. The first kappa shape index (κ1) is 53.1. The summed E-state index contributed by atoms with van der Waals surface area (Å²) >= 11 is 0. The summed E-state index contributed by atoms with van der Waals surface area (Å²) in [4.78, 5) is 43.4. The summed E-state index contributed by atoms with van der Waals surface area (Å²) in [7, 11) is -5.24. The first-order valence-electron chi connectivity index (χ1n) is 15.5. The highest BCUT2D eigenvalue weighted by atomic mass is 31.2. The Morgan fingerprint density at radius 3 is 0.735 bits per heavy atom. The van der Waals surface area contributed by atoms with Crippen LogP contribution in [-0.4, -0.2) is 69.6 Å². The Bertz CT molecular complexity index is 1130. The third kappa shape index (κ3) is 13.6. The van der Waals surface area contributed by atoms with E-state index in [1.54, 1.807) is 0 Å². The summed E-state index contributed by atoms with van der Waals surface area (Å²) in [5.74, 6) is 0. The Labute approximate surface area is 304 Å². The zero-order valence-corrected chi connectivity index (χ0v) is 36.8. The third-order valence-corrected chi connectivity index (χ3v) is 8.20. The molecule has 0 aliphatic heterocycles. The van der Waals surface area contributed by atoms with E-state index in [1.165, 1.54) is 0 Å². The van der Waals surface area contributed by atoms with Crippen LogP contribution in [0.5, 0.6) is 0 Å². The van der Waals surface area contributed by atoms with Crippen LogP contribution in [0.4, 0.5) is 0 Å². The quantitative estimate of drug-likeness (QED) is 0.174. The van der Waals surface area contributed by atoms with Gasteiger partial charge in [-0.05, 0) is 68.9 Å². The number of hydrogen-bond acceptors (Lipinski definition) is 10. The Morgan fingerprint density at radius 2 is 0.612 bits per heavy atom. The van der Waals surface area contributed by atoms with Crippen LogP contribution in [0.25, 0.3) is 0 Å². The van der Waals surface area contributed by atoms with Crippen molar-refractivity contribution in [3.63, 3.8) is 0 Å². The van der Waals surface area contributed by atoms with E-state index in [2.05, 4.69) is 121 Å². The van der Waals surface area contributed by atoms with E-state index < -0.39 is 48.0 Å². The van der Waals surface area contributed by atoms with Crippen molar-refractivity contribution in [2.45, 2.75) is 124 Å². The minimum atomic E-state index is -2.62. The van der Waals surface area contributed by atoms with Gasteiger partial charge in [0.05, 0.1) is 25.2 Å². The number of hydrogen-bond donors (Lipinski definition) is 10. The van der Waals surface area contributed by atoms with Gasteiger partial charge in [0.2, 0.25) is 0 Å². The van der Waals surface area contributed by atoms with Crippen LogP contribution < -0.4 is 0 Å². The van der Waals surface area contributed by atoms with Crippen LogP contribution in [-0.2, 0) is 27.3 Å². The van der Waals surface area contributed by atoms with Crippen LogP contribution in [0.1, 0.15) is 128 Å². The van der Waals surface area contributed by atoms with E-state index in [0.29, 0.717) is 11.1 Å². The standard InChI is InChI=1S/C35H56O4.2H3O3P.2H3P/c1-22-15-24(30(3,4)5)28(25(16-22)31(6,7)8)35(39,34(19-36,20-37)21-38)29-26(32(9,10)11)17-23(2)18-27(29)33(12,13)14;2*1-4(2)3;;/h15-18,36-39H,19-21H2,1-14H3;2*1-3H;2*1H3. The van der Waals surface area contributed by atoms with Crippen molar-refractivity contribution < 1.29 is 49.8 Å². The predicted octanol–water partition coefficient (Wildman–Crippen LogP) is 5.19. The molecule has 0 saturated heterocycles. The van der Waals surface area contributed by atoms with Gasteiger partial charge in [0, 0.05) is 0 Å². The smallest absolute Gasteiger partial charge is 0.324 e. The highest BCUT2D eigenvalue weighted by molar-refractivity contribution is 7.38. The molecule has 0 amide bonds. The zero-order valence-electron chi connectivity index (χ0n) is 32.2. The van der Waals surface area contributed by atoms with Crippen molar-refractivity contribution in [2.24, 2.45) is 5.41 Å². The lowest BCUT2D eigenvalue weighted by molar-refractivity contribution is -0.138. The van der Waals surface area contributed by atoms with Crippen molar-refractivity contribution in [3.8, 4) is 0 Å². The van der Waals surface area contributed by atoms with E-state index in [-0.39, 0.29) is 41.5 Å². The second-order valence-electron chi connectivity index (χ2n) is 16.5. The van der Waals surface area contributed by atoms with Gasteiger partial charge in [-0.3, -0.25) is 0 Å². The highest BCUT2D eigenvalue weighted by Gasteiger charge is 2.57. The molecule has 2 rings (SSSR count). The molecule has 2 aromatic rings. The van der Waals surface area contributed by atoms with Gasteiger partial charge in [0.1, 0.15) is 5.60 Å². The fourth-order valence-corrected chi connectivity index (χ4v) is 5.87. The van der Waals surface area contributed by atoms with Gasteiger partial charge in [-0.15, -0.1) is 0 Å². The van der Waals surface area contributed by atoms with Gasteiger partial charge < -0.3 is 49.8 Å². The molecule has 0 bridgehead atoms. The Morgan fingerprint density at radius 1 is 0.449 bits per heavy atom. The molecule has 49 heavy (non-hydrogen) atoms. The Balaban J connectivity index is -0.00000190. The largest absolute Gasteiger partial charge is 0.395 e. The highest BCUT2D eigenvalue weighted by Crippen LogP contribution is 2.55. The van der Waals surface area contributed by atoms with E-state index in [1.807, 2.05) is 0 Å². The van der Waals surface area contributed by atoms with E-state index >= 15 is 0 Å². The van der Waals surface area contributed by atoms with Gasteiger partial charge in [-0.1, -0.05) is 118 Å². The van der Waals surface area contributed by atoms with Crippen LogP contribution in [0.2, 0.25) is 0 Å². The maximum atomic E-state index is 13.7. The summed E-state index contributed by atoms with van der Waals surface area (Å²) in [5.41, 5.74) is 2.15. The lowest BCUT2D eigenvalue weighted by Gasteiger charge is -2.52. The summed E-state index contributed by atoms with van der Waals surface area (Å²) in [5, 5.41) is 46.9. The second kappa shape index (κ2) is 19.7. The Hall–Kier alpha value is -0.240. The SMILES string of the molecule is Cc1cc(C(C)(C)C)c(C(O)(c2c(C(C)(C)C)cc(C)cc2C(C)(C)C)C(CO)(CO)CO)c(C(C)(C)C)c1.OP(O)O.OP(O)O.P.P. The lowest BCUT2D eigenvalue weighted by atomic mass is 9.56. The topological polar surface area (TPSA) is 202 Å². The fraction of sp³-hybridized carbons (Fsp3) is 0.657. The molecular formula is C35H68O10P4. The summed E-state index contributed by atoms with van der Waals surface area (Å²) in [6.07, 6.45) is 0. The molecule has 0 heterocycles. The minimum absolute atomic E-state index is 0. The third-order valence-electron chi connectivity index (χ3n) is 8.20. The van der Waals surface area contributed by atoms with Gasteiger partial charge in [0.25, 0.3) is 0 Å².